The molecule has 4 rings (SSSR count). The molecule has 0 radical (unpaired) electrons. The molecule has 1 N–H and O–H groups in total. The average molecular weight is 442 g/mol. The second-order valence-electron chi connectivity index (χ2n) is 8.78. The highest BCUT2D eigenvalue weighted by Gasteiger charge is 2.21. The molecule has 1 saturated carbocycles. The van der Waals surface area contributed by atoms with Crippen LogP contribution in [0, 0.1) is 20.8 Å². The molecule has 0 bridgehead atoms. The third kappa shape index (κ3) is 5.61. The van der Waals surface area contributed by atoms with E-state index in [1.807, 2.05) is 44.2 Å². The van der Waals surface area contributed by atoms with Gasteiger partial charge in [-0.15, -0.1) is 0 Å². The molecule has 2 aromatic carbocycles. The minimum atomic E-state index is 0.385. The number of rotatable bonds is 10. The third-order valence-electron chi connectivity index (χ3n) is 6.10. The van der Waals surface area contributed by atoms with Gasteiger partial charge < -0.3 is 15.0 Å². The van der Waals surface area contributed by atoms with Crippen LogP contribution >= 0.6 is 0 Å². The minimum Gasteiger partial charge on any atom is -0.487 e. The van der Waals surface area contributed by atoms with E-state index < -0.39 is 0 Å². The van der Waals surface area contributed by atoms with Crippen molar-refractivity contribution in [3.63, 3.8) is 0 Å². The van der Waals surface area contributed by atoms with Crippen molar-refractivity contribution in [3.05, 3.63) is 94.8 Å². The third-order valence-corrected chi connectivity index (χ3v) is 6.10. The highest BCUT2D eigenvalue weighted by Crippen LogP contribution is 2.28. The van der Waals surface area contributed by atoms with Crippen molar-refractivity contribution in [2.75, 3.05) is 4.90 Å². The first kappa shape index (κ1) is 22.6. The number of hydrogen-bond donors (Lipinski definition) is 1. The van der Waals surface area contributed by atoms with Crippen molar-refractivity contribution in [1.82, 2.24) is 10.3 Å². The van der Waals surface area contributed by atoms with Crippen molar-refractivity contribution < 1.29 is 9.53 Å². The summed E-state index contributed by atoms with van der Waals surface area (Å²) in [6, 6.07) is 16.6. The Kier molecular flexibility index (Phi) is 6.78. The molecule has 0 spiro atoms. The highest BCUT2D eigenvalue weighted by atomic mass is 16.5. The molecular formula is C28H31N3O2. The van der Waals surface area contributed by atoms with Crippen LogP contribution < -0.4 is 15.0 Å². The maximum Gasteiger partial charge on any atom is 0.214 e. The molecule has 0 atom stereocenters. The number of aromatic nitrogens is 1. The largest absolute Gasteiger partial charge is 0.487 e. The Morgan fingerprint density at radius 1 is 1.12 bits per heavy atom. The van der Waals surface area contributed by atoms with E-state index in [1.54, 1.807) is 11.1 Å². The zero-order valence-electron chi connectivity index (χ0n) is 19.6. The number of amides is 1. The second-order valence-corrected chi connectivity index (χ2v) is 8.78. The van der Waals surface area contributed by atoms with Gasteiger partial charge in [0.15, 0.2) is 0 Å². The lowest BCUT2D eigenvalue weighted by Crippen LogP contribution is -2.22. The molecule has 33 heavy (non-hydrogen) atoms. The predicted molar refractivity (Wildman–Crippen MR) is 133 cm³/mol. The fourth-order valence-electron chi connectivity index (χ4n) is 3.79. The van der Waals surface area contributed by atoms with E-state index in [4.69, 9.17) is 4.74 Å². The monoisotopic (exact) mass is 441 g/mol. The molecule has 170 valence electrons. The van der Waals surface area contributed by atoms with E-state index in [9.17, 15) is 4.79 Å². The highest BCUT2D eigenvalue weighted by molar-refractivity contribution is 5.78. The number of anilines is 1. The van der Waals surface area contributed by atoms with Crippen LogP contribution in [0.2, 0.25) is 0 Å². The summed E-state index contributed by atoms with van der Waals surface area (Å²) in [4.78, 5) is 18.2. The molecule has 0 unspecified atom stereocenters. The van der Waals surface area contributed by atoms with Gasteiger partial charge in [-0.1, -0.05) is 30.8 Å². The number of hydrogen-bond acceptors (Lipinski definition) is 4. The summed E-state index contributed by atoms with van der Waals surface area (Å²) in [6.45, 7) is 11.1. The number of pyridine rings is 1. The van der Waals surface area contributed by atoms with Gasteiger partial charge in [0, 0.05) is 24.0 Å². The summed E-state index contributed by atoms with van der Waals surface area (Å²) < 4.78 is 5.99. The summed E-state index contributed by atoms with van der Waals surface area (Å²) >= 11 is 0. The van der Waals surface area contributed by atoms with Gasteiger partial charge in [-0.25, -0.2) is 0 Å². The number of nitrogens with one attached hydrogen (secondary N) is 1. The molecule has 0 aliphatic heterocycles. The lowest BCUT2D eigenvalue weighted by atomic mass is 10.0. The number of ether oxygens (including phenoxy) is 1. The summed E-state index contributed by atoms with van der Waals surface area (Å²) in [6.07, 6.45) is 5.09. The molecule has 1 heterocycles. The lowest BCUT2D eigenvalue weighted by Gasteiger charge is -2.22. The molecule has 5 heteroatoms. The van der Waals surface area contributed by atoms with Crippen molar-refractivity contribution >= 4 is 17.8 Å². The van der Waals surface area contributed by atoms with Crippen LogP contribution in [0.3, 0.4) is 0 Å². The Labute approximate surface area is 196 Å². The quantitative estimate of drug-likeness (QED) is 0.424. The number of carbonyl (C=O) groups excluding carboxylic acids is 1. The van der Waals surface area contributed by atoms with Gasteiger partial charge in [0.2, 0.25) is 6.41 Å². The van der Waals surface area contributed by atoms with E-state index in [0.717, 1.165) is 51.3 Å². The zero-order valence-corrected chi connectivity index (χ0v) is 19.6. The maximum atomic E-state index is 12.1. The lowest BCUT2D eigenvalue weighted by molar-refractivity contribution is -0.107. The van der Waals surface area contributed by atoms with E-state index in [-0.39, 0.29) is 0 Å². The number of benzene rings is 2. The molecule has 1 aliphatic rings. The van der Waals surface area contributed by atoms with Crippen LogP contribution in [0.1, 0.15) is 46.4 Å². The first-order valence-electron chi connectivity index (χ1n) is 11.4. The summed E-state index contributed by atoms with van der Waals surface area (Å²) in [5.74, 6) is 0.710. The van der Waals surface area contributed by atoms with Gasteiger partial charge in [0.25, 0.3) is 0 Å². The maximum absolute atomic E-state index is 12.1. The van der Waals surface area contributed by atoms with Gasteiger partial charge in [-0.2, -0.15) is 0 Å². The van der Waals surface area contributed by atoms with Gasteiger partial charge >= 0.3 is 0 Å². The fourth-order valence-corrected chi connectivity index (χ4v) is 3.79. The van der Waals surface area contributed by atoms with Crippen LogP contribution in [0.25, 0.3) is 5.70 Å². The van der Waals surface area contributed by atoms with Crippen LogP contribution in [0.4, 0.5) is 5.69 Å². The van der Waals surface area contributed by atoms with Crippen LogP contribution in [-0.2, 0) is 17.9 Å². The molecule has 5 nitrogen and oxygen atoms in total. The Morgan fingerprint density at radius 3 is 2.64 bits per heavy atom. The standard InChI is InChI=1S/C28H31N3O2/c1-19-6-5-13-29-27(19)17-33-26-12-7-20(2)28(15-26)31(18-32)16-24-9-8-23(14-21(24)3)22(4)30-25-10-11-25/h5-9,12-15,18,25,30H,4,10-11,16-17H2,1-3H3. The normalized spacial score (nSPS) is 12.8. The average Bonchev–Trinajstić information content (AvgIpc) is 3.63. The van der Waals surface area contributed by atoms with Crippen LogP contribution in [0.5, 0.6) is 5.75 Å². The number of nitrogens with zero attached hydrogens (tertiary/aromatic N) is 2. The van der Waals surface area contributed by atoms with Crippen LogP contribution in [-0.4, -0.2) is 17.4 Å². The molecular weight excluding hydrogens is 410 g/mol. The van der Waals surface area contributed by atoms with Gasteiger partial charge in [0.05, 0.1) is 17.9 Å². The Morgan fingerprint density at radius 2 is 1.94 bits per heavy atom. The Balaban J connectivity index is 1.48. The first-order chi connectivity index (χ1) is 15.9. The zero-order chi connectivity index (χ0) is 23.4. The van der Waals surface area contributed by atoms with Gasteiger partial charge in [0.1, 0.15) is 12.4 Å². The SMILES string of the molecule is C=C(NC1CC1)c1ccc(CN(C=O)c2cc(OCc3ncccc3C)ccc2C)c(C)c1. The van der Waals surface area contributed by atoms with Crippen molar-refractivity contribution in [2.45, 2.75) is 52.8 Å². The Bertz CT molecular complexity index is 1170. The molecule has 1 fully saturated rings. The number of carbonyl (C=O) groups is 1. The Hall–Kier alpha value is -3.60. The molecule has 3 aromatic rings. The second kappa shape index (κ2) is 9.90. The summed E-state index contributed by atoms with van der Waals surface area (Å²) in [7, 11) is 0. The van der Waals surface area contributed by atoms with E-state index in [1.165, 1.54) is 12.8 Å². The van der Waals surface area contributed by atoms with E-state index in [2.05, 4.69) is 42.0 Å². The summed E-state index contributed by atoms with van der Waals surface area (Å²) in [5, 5.41) is 3.46. The smallest absolute Gasteiger partial charge is 0.214 e. The fraction of sp³-hybridized carbons (Fsp3) is 0.286. The van der Waals surface area contributed by atoms with Gasteiger partial charge in [-0.05, 0) is 79.6 Å². The van der Waals surface area contributed by atoms with Crippen molar-refractivity contribution in [3.8, 4) is 5.75 Å². The molecule has 1 amide bonds. The topological polar surface area (TPSA) is 54.5 Å². The molecule has 1 aromatic heterocycles. The van der Waals surface area contributed by atoms with E-state index >= 15 is 0 Å². The molecule has 0 saturated heterocycles. The number of aryl methyl sites for hydroxylation is 3. The van der Waals surface area contributed by atoms with Gasteiger partial charge in [-0.3, -0.25) is 9.78 Å². The van der Waals surface area contributed by atoms with Crippen molar-refractivity contribution in [1.29, 1.82) is 0 Å². The summed E-state index contributed by atoms with van der Waals surface area (Å²) in [5.41, 5.74) is 8.13. The van der Waals surface area contributed by atoms with E-state index in [0.29, 0.717) is 24.9 Å². The minimum absolute atomic E-state index is 0.385. The molecule has 1 aliphatic carbocycles. The van der Waals surface area contributed by atoms with Crippen LogP contribution in [0.15, 0.2) is 61.3 Å². The predicted octanol–water partition coefficient (Wildman–Crippen LogP) is 5.47. The van der Waals surface area contributed by atoms with Crippen molar-refractivity contribution in [2.24, 2.45) is 0 Å². The first-order valence-corrected chi connectivity index (χ1v) is 11.4.